The molecule has 4 aliphatic rings. The van der Waals surface area contributed by atoms with Crippen LogP contribution in [0.15, 0.2) is 17.1 Å². The summed E-state index contributed by atoms with van der Waals surface area (Å²) in [6, 6.07) is 0. The highest BCUT2D eigenvalue weighted by Gasteiger charge is 2.58. The van der Waals surface area contributed by atoms with Crippen molar-refractivity contribution in [3.63, 3.8) is 0 Å². The minimum Gasteiger partial charge on any atom is -0.382 e. The molecule has 1 heterocycles. The number of hydrogen-bond donors (Lipinski definition) is 2. The summed E-state index contributed by atoms with van der Waals surface area (Å²) in [5, 5.41) is 6.75. The molecule has 1 aliphatic heterocycles. The fourth-order valence-electron chi connectivity index (χ4n) is 6.26. The molecule has 3 aliphatic carbocycles. The van der Waals surface area contributed by atoms with E-state index in [1.807, 2.05) is 6.92 Å². The van der Waals surface area contributed by atoms with E-state index in [0.29, 0.717) is 13.1 Å². The van der Waals surface area contributed by atoms with Crippen LogP contribution in [0.3, 0.4) is 0 Å². The van der Waals surface area contributed by atoms with Crippen LogP contribution in [0.4, 0.5) is 0 Å². The first-order valence-corrected chi connectivity index (χ1v) is 12.7. The maximum atomic E-state index is 12.8. The van der Waals surface area contributed by atoms with Gasteiger partial charge in [-0.15, -0.1) is 24.0 Å². The summed E-state index contributed by atoms with van der Waals surface area (Å²) in [4.78, 5) is 32.1. The van der Waals surface area contributed by atoms with Crippen molar-refractivity contribution in [2.45, 2.75) is 58.8 Å². The van der Waals surface area contributed by atoms with Crippen molar-refractivity contribution in [3.8, 4) is 0 Å². The molecular weight excluding hydrogens is 531 g/mol. The Labute approximate surface area is 215 Å². The number of allylic oxidation sites excluding steroid dienone is 2. The molecule has 3 fully saturated rings. The number of ether oxygens (including phenoxy) is 1. The van der Waals surface area contributed by atoms with E-state index in [9.17, 15) is 9.59 Å². The van der Waals surface area contributed by atoms with Crippen LogP contribution in [-0.2, 0) is 14.3 Å². The lowest BCUT2D eigenvalue weighted by Crippen LogP contribution is -2.40. The minimum absolute atomic E-state index is 0. The molecule has 2 bridgehead atoms. The fraction of sp³-hybridized carbons (Fsp3) is 0.800. The summed E-state index contributed by atoms with van der Waals surface area (Å²) < 4.78 is 5.62. The number of aliphatic imine (C=N–C) groups is 1. The quantitative estimate of drug-likeness (QED) is 0.0992. The van der Waals surface area contributed by atoms with Gasteiger partial charge in [0.15, 0.2) is 5.96 Å². The molecule has 4 unspecified atom stereocenters. The third-order valence-electron chi connectivity index (χ3n) is 7.97. The number of likely N-dealkylation sites (tertiary alicyclic amines) is 1. The Balaban J connectivity index is 0.00000306. The van der Waals surface area contributed by atoms with Crippen molar-refractivity contribution < 1.29 is 14.3 Å². The molecule has 0 spiro atoms. The average molecular weight is 573 g/mol. The highest BCUT2D eigenvalue weighted by Crippen LogP contribution is 2.52. The second kappa shape index (κ2) is 12.0. The number of halogens is 1. The molecule has 1 saturated heterocycles. The van der Waals surface area contributed by atoms with Crippen LogP contribution in [0, 0.1) is 29.1 Å². The monoisotopic (exact) mass is 572 g/mol. The SMILES string of the molecule is CCNC(=NCC1(CCOCC)CCCC1)NCCCN1C(=O)C2C3C=CC(C3)C2C1=O.I. The number of amides is 2. The van der Waals surface area contributed by atoms with Crippen LogP contribution < -0.4 is 10.6 Å². The molecule has 186 valence electrons. The van der Waals surface area contributed by atoms with Gasteiger partial charge in [0, 0.05) is 39.4 Å². The Kier molecular flexibility index (Phi) is 9.62. The van der Waals surface area contributed by atoms with E-state index < -0.39 is 0 Å². The van der Waals surface area contributed by atoms with Crippen molar-refractivity contribution >= 4 is 41.8 Å². The molecule has 0 aromatic rings. The first-order chi connectivity index (χ1) is 15.6. The van der Waals surface area contributed by atoms with Crippen LogP contribution >= 0.6 is 24.0 Å². The number of fused-ring (bicyclic) bond motifs is 5. The molecule has 0 aromatic heterocycles. The molecule has 0 radical (unpaired) electrons. The zero-order chi connectivity index (χ0) is 22.6. The maximum Gasteiger partial charge on any atom is 0.233 e. The molecule has 0 aromatic carbocycles. The van der Waals surface area contributed by atoms with E-state index >= 15 is 0 Å². The van der Waals surface area contributed by atoms with Gasteiger partial charge in [0.25, 0.3) is 0 Å². The van der Waals surface area contributed by atoms with Gasteiger partial charge < -0.3 is 15.4 Å². The largest absolute Gasteiger partial charge is 0.382 e. The van der Waals surface area contributed by atoms with Gasteiger partial charge in [-0.3, -0.25) is 19.5 Å². The third kappa shape index (κ3) is 5.74. The smallest absolute Gasteiger partial charge is 0.233 e. The predicted molar refractivity (Wildman–Crippen MR) is 140 cm³/mol. The lowest BCUT2D eigenvalue weighted by Gasteiger charge is -2.27. The summed E-state index contributed by atoms with van der Waals surface area (Å²) in [6.45, 7) is 8.50. The molecule has 8 heteroatoms. The van der Waals surface area contributed by atoms with E-state index in [-0.39, 0.29) is 64.9 Å². The Hall–Kier alpha value is -1.16. The van der Waals surface area contributed by atoms with Gasteiger partial charge in [-0.2, -0.15) is 0 Å². The van der Waals surface area contributed by atoms with Crippen molar-refractivity contribution in [1.29, 1.82) is 0 Å². The molecule has 2 N–H and O–H groups in total. The van der Waals surface area contributed by atoms with Gasteiger partial charge in [-0.05, 0) is 63.2 Å². The lowest BCUT2D eigenvalue weighted by atomic mass is 9.83. The van der Waals surface area contributed by atoms with Gasteiger partial charge in [0.1, 0.15) is 0 Å². The molecule has 7 nitrogen and oxygen atoms in total. The molecule has 2 saturated carbocycles. The van der Waals surface area contributed by atoms with Gasteiger partial charge in [-0.1, -0.05) is 25.0 Å². The Morgan fingerprint density at radius 1 is 1.12 bits per heavy atom. The first-order valence-electron chi connectivity index (χ1n) is 12.7. The second-order valence-electron chi connectivity index (χ2n) is 9.96. The van der Waals surface area contributed by atoms with Gasteiger partial charge >= 0.3 is 0 Å². The van der Waals surface area contributed by atoms with Crippen LogP contribution in [0.25, 0.3) is 0 Å². The Morgan fingerprint density at radius 3 is 2.39 bits per heavy atom. The van der Waals surface area contributed by atoms with E-state index in [2.05, 4.69) is 29.7 Å². The Bertz CT molecular complexity index is 720. The molecule has 4 atom stereocenters. The summed E-state index contributed by atoms with van der Waals surface area (Å²) in [5.74, 6) is 1.30. The van der Waals surface area contributed by atoms with E-state index in [1.54, 1.807) is 0 Å². The van der Waals surface area contributed by atoms with Crippen molar-refractivity contribution in [3.05, 3.63) is 12.2 Å². The summed E-state index contributed by atoms with van der Waals surface area (Å²) in [7, 11) is 0. The number of rotatable bonds is 11. The number of nitrogens with one attached hydrogen (secondary N) is 2. The normalized spacial score (nSPS) is 29.5. The van der Waals surface area contributed by atoms with E-state index in [1.165, 1.54) is 30.6 Å². The number of hydrogen-bond acceptors (Lipinski definition) is 4. The zero-order valence-electron chi connectivity index (χ0n) is 20.2. The summed E-state index contributed by atoms with van der Waals surface area (Å²) in [5.41, 5.74) is 0.261. The maximum absolute atomic E-state index is 12.8. The third-order valence-corrected chi connectivity index (χ3v) is 7.97. The minimum atomic E-state index is -0.0939. The second-order valence-corrected chi connectivity index (χ2v) is 9.96. The number of carbonyl (C=O) groups is 2. The zero-order valence-corrected chi connectivity index (χ0v) is 22.5. The molecule has 4 rings (SSSR count). The topological polar surface area (TPSA) is 83.0 Å². The van der Waals surface area contributed by atoms with Gasteiger partial charge in [-0.25, -0.2) is 0 Å². The number of carbonyl (C=O) groups excluding carboxylic acids is 2. The summed E-state index contributed by atoms with van der Waals surface area (Å²) in [6.07, 6.45) is 12.1. The summed E-state index contributed by atoms with van der Waals surface area (Å²) >= 11 is 0. The Morgan fingerprint density at radius 2 is 1.79 bits per heavy atom. The molecule has 33 heavy (non-hydrogen) atoms. The highest BCUT2D eigenvalue weighted by molar-refractivity contribution is 14.0. The van der Waals surface area contributed by atoms with Gasteiger partial charge in [0.2, 0.25) is 11.8 Å². The molecule has 2 amide bonds. The standard InChI is InChI=1S/C25H40N4O3.HI/c1-3-26-24(28-17-25(10-5-6-11-25)12-15-32-4-2)27-13-7-14-29-22(30)20-18-8-9-19(16-18)21(20)23(29)31;/h8-9,18-21H,3-7,10-17H2,1-2H3,(H2,26,27,28);1H. The average Bonchev–Trinajstić information content (AvgIpc) is 3.56. The van der Waals surface area contributed by atoms with E-state index in [4.69, 9.17) is 9.73 Å². The fourth-order valence-corrected chi connectivity index (χ4v) is 6.26. The van der Waals surface area contributed by atoms with Crippen molar-refractivity contribution in [2.24, 2.45) is 34.1 Å². The van der Waals surface area contributed by atoms with Crippen LogP contribution in [0.2, 0.25) is 0 Å². The van der Waals surface area contributed by atoms with E-state index in [0.717, 1.165) is 51.5 Å². The predicted octanol–water partition coefficient (Wildman–Crippen LogP) is 3.34. The van der Waals surface area contributed by atoms with Gasteiger partial charge in [0.05, 0.1) is 11.8 Å². The van der Waals surface area contributed by atoms with Crippen molar-refractivity contribution in [2.75, 3.05) is 39.4 Å². The highest BCUT2D eigenvalue weighted by atomic mass is 127. The van der Waals surface area contributed by atoms with Crippen molar-refractivity contribution in [1.82, 2.24) is 15.5 Å². The molecular formula is C25H41IN4O3. The lowest BCUT2D eigenvalue weighted by molar-refractivity contribution is -0.140. The number of imide groups is 1. The van der Waals surface area contributed by atoms with Crippen LogP contribution in [0.5, 0.6) is 0 Å². The first kappa shape index (κ1) is 26.4. The van der Waals surface area contributed by atoms with Crippen LogP contribution in [-0.4, -0.2) is 62.1 Å². The van der Waals surface area contributed by atoms with Crippen LogP contribution in [0.1, 0.15) is 58.8 Å². The number of nitrogens with zero attached hydrogens (tertiary/aromatic N) is 2. The number of guanidine groups is 1.